The van der Waals surface area contributed by atoms with Crippen molar-refractivity contribution in [3.8, 4) is 5.75 Å². The van der Waals surface area contributed by atoms with E-state index >= 15 is 0 Å². The highest BCUT2D eigenvalue weighted by Crippen LogP contribution is 2.19. The quantitative estimate of drug-likeness (QED) is 0.704. The molecule has 0 aliphatic carbocycles. The van der Waals surface area contributed by atoms with Crippen molar-refractivity contribution in [3.05, 3.63) is 59.9 Å². The van der Waals surface area contributed by atoms with Crippen LogP contribution in [-0.2, 0) is 17.8 Å². The van der Waals surface area contributed by atoms with Gasteiger partial charge in [0.1, 0.15) is 11.6 Å². The van der Waals surface area contributed by atoms with Gasteiger partial charge < -0.3 is 14.5 Å². The second-order valence-electron chi connectivity index (χ2n) is 6.85. The molecule has 1 atom stereocenters. The number of imidazole rings is 1. The fraction of sp³-hybridized carbons (Fsp3) is 0.381. The van der Waals surface area contributed by atoms with Crippen molar-refractivity contribution in [3.63, 3.8) is 0 Å². The molecule has 2 heterocycles. The van der Waals surface area contributed by atoms with E-state index < -0.39 is 0 Å². The van der Waals surface area contributed by atoms with Crippen LogP contribution in [0.15, 0.2) is 48.5 Å². The summed E-state index contributed by atoms with van der Waals surface area (Å²) in [7, 11) is 1.69. The van der Waals surface area contributed by atoms with E-state index in [0.717, 1.165) is 61.7 Å². The van der Waals surface area contributed by atoms with Gasteiger partial charge in [-0.3, -0.25) is 4.90 Å². The first-order valence-electron chi connectivity index (χ1n) is 9.20. The molecule has 1 N–H and O–H groups in total. The van der Waals surface area contributed by atoms with E-state index in [9.17, 15) is 0 Å². The molecule has 5 heteroatoms. The Bertz CT molecular complexity index is 805. The minimum absolute atomic E-state index is 0.317. The normalized spacial score (nSPS) is 17.2. The zero-order valence-electron chi connectivity index (χ0n) is 15.1. The Morgan fingerprint density at radius 1 is 1.15 bits per heavy atom. The van der Waals surface area contributed by atoms with Crippen LogP contribution in [0.5, 0.6) is 5.75 Å². The molecule has 1 aliphatic heterocycles. The Balaban J connectivity index is 1.50. The number of methoxy groups -OCH3 is 1. The van der Waals surface area contributed by atoms with Crippen molar-refractivity contribution >= 4 is 11.0 Å². The van der Waals surface area contributed by atoms with E-state index in [-0.39, 0.29) is 0 Å². The summed E-state index contributed by atoms with van der Waals surface area (Å²) in [6.07, 6.45) is 2.61. The number of nitrogens with zero attached hydrogens (tertiary/aromatic N) is 2. The van der Waals surface area contributed by atoms with Crippen molar-refractivity contribution in [2.24, 2.45) is 0 Å². The molecule has 1 fully saturated rings. The number of nitrogens with one attached hydrogen (secondary N) is 1. The van der Waals surface area contributed by atoms with Crippen molar-refractivity contribution in [1.29, 1.82) is 0 Å². The molecule has 0 amide bonds. The summed E-state index contributed by atoms with van der Waals surface area (Å²) in [5.74, 6) is 1.88. The van der Waals surface area contributed by atoms with Crippen LogP contribution in [0, 0.1) is 0 Å². The Kier molecular flexibility index (Phi) is 5.18. The van der Waals surface area contributed by atoms with E-state index in [2.05, 4.69) is 28.1 Å². The van der Waals surface area contributed by atoms with Gasteiger partial charge in [-0.1, -0.05) is 24.3 Å². The maximum absolute atomic E-state index is 5.86. The molecule has 1 saturated heterocycles. The topological polar surface area (TPSA) is 50.4 Å². The van der Waals surface area contributed by atoms with Crippen LogP contribution < -0.4 is 4.74 Å². The first-order valence-corrected chi connectivity index (χ1v) is 9.20. The Morgan fingerprint density at radius 3 is 2.73 bits per heavy atom. The number of fused-ring (bicyclic) bond motifs is 1. The van der Waals surface area contributed by atoms with Gasteiger partial charge in [-0.05, 0) is 42.7 Å². The highest BCUT2D eigenvalue weighted by molar-refractivity contribution is 5.74. The minimum atomic E-state index is 0.317. The lowest BCUT2D eigenvalue weighted by Gasteiger charge is -2.24. The number of H-pyrrole nitrogens is 1. The van der Waals surface area contributed by atoms with E-state index in [1.54, 1.807) is 7.11 Å². The molecule has 0 radical (unpaired) electrons. The summed E-state index contributed by atoms with van der Waals surface area (Å²) >= 11 is 0. The highest BCUT2D eigenvalue weighted by atomic mass is 16.5. The average molecular weight is 351 g/mol. The largest absolute Gasteiger partial charge is 0.497 e. The summed E-state index contributed by atoms with van der Waals surface area (Å²) < 4.78 is 11.1. The third kappa shape index (κ3) is 4.06. The zero-order chi connectivity index (χ0) is 17.8. The maximum Gasteiger partial charge on any atom is 0.121 e. The number of aromatic amines is 1. The number of hydrogen-bond donors (Lipinski definition) is 1. The van der Waals surface area contributed by atoms with Gasteiger partial charge >= 0.3 is 0 Å². The molecular weight excluding hydrogens is 326 g/mol. The van der Waals surface area contributed by atoms with Crippen LogP contribution >= 0.6 is 0 Å². The predicted molar refractivity (Wildman–Crippen MR) is 102 cm³/mol. The standard InChI is InChI=1S/C21H25N3O2/c1-25-17-10-8-16(9-11-17)13-24(14-18-5-4-12-26-18)15-21-22-19-6-2-3-7-20(19)23-21/h2-3,6-11,18H,4-5,12-15H2,1H3,(H,22,23)/t18-/m1/s1. The van der Waals surface area contributed by atoms with Crippen molar-refractivity contribution < 1.29 is 9.47 Å². The summed E-state index contributed by atoms with van der Waals surface area (Å²) in [4.78, 5) is 10.6. The number of aromatic nitrogens is 2. The minimum Gasteiger partial charge on any atom is -0.497 e. The van der Waals surface area contributed by atoms with Crippen LogP contribution in [-0.4, -0.2) is 41.2 Å². The fourth-order valence-corrected chi connectivity index (χ4v) is 3.54. The van der Waals surface area contributed by atoms with Gasteiger partial charge in [0.25, 0.3) is 0 Å². The molecule has 136 valence electrons. The molecule has 1 aromatic heterocycles. The van der Waals surface area contributed by atoms with Crippen LogP contribution in [0.25, 0.3) is 11.0 Å². The van der Waals surface area contributed by atoms with Gasteiger partial charge in [0, 0.05) is 19.7 Å². The lowest BCUT2D eigenvalue weighted by Crippen LogP contribution is -2.31. The molecule has 0 saturated carbocycles. The van der Waals surface area contributed by atoms with Crippen molar-refractivity contribution in [1.82, 2.24) is 14.9 Å². The van der Waals surface area contributed by atoms with Gasteiger partial charge in [0.05, 0.1) is 30.8 Å². The van der Waals surface area contributed by atoms with Crippen LogP contribution in [0.3, 0.4) is 0 Å². The van der Waals surface area contributed by atoms with Gasteiger partial charge in [0.15, 0.2) is 0 Å². The summed E-state index contributed by atoms with van der Waals surface area (Å²) in [6, 6.07) is 16.4. The molecule has 26 heavy (non-hydrogen) atoms. The van der Waals surface area contributed by atoms with Gasteiger partial charge in [-0.15, -0.1) is 0 Å². The van der Waals surface area contributed by atoms with Crippen LogP contribution in [0.2, 0.25) is 0 Å². The lowest BCUT2D eigenvalue weighted by atomic mass is 10.1. The maximum atomic E-state index is 5.86. The zero-order valence-corrected chi connectivity index (χ0v) is 15.1. The van der Waals surface area contributed by atoms with Gasteiger partial charge in [0.2, 0.25) is 0 Å². The molecule has 2 aromatic carbocycles. The second-order valence-corrected chi connectivity index (χ2v) is 6.85. The predicted octanol–water partition coefficient (Wildman–Crippen LogP) is 3.75. The molecule has 1 aliphatic rings. The van der Waals surface area contributed by atoms with E-state index in [4.69, 9.17) is 14.5 Å². The lowest BCUT2D eigenvalue weighted by molar-refractivity contribution is 0.0671. The number of para-hydroxylation sites is 2. The average Bonchev–Trinajstić information content (AvgIpc) is 3.31. The molecule has 5 nitrogen and oxygen atoms in total. The fourth-order valence-electron chi connectivity index (χ4n) is 3.54. The monoisotopic (exact) mass is 351 g/mol. The van der Waals surface area contributed by atoms with Crippen molar-refractivity contribution in [2.45, 2.75) is 32.0 Å². The SMILES string of the molecule is COc1ccc(CN(Cc2nc3ccccc3[nH]2)C[C@H]2CCCO2)cc1. The van der Waals surface area contributed by atoms with Gasteiger partial charge in [-0.2, -0.15) is 0 Å². The van der Waals surface area contributed by atoms with Crippen molar-refractivity contribution in [2.75, 3.05) is 20.3 Å². The summed E-state index contributed by atoms with van der Waals surface area (Å²) in [6.45, 7) is 3.44. The molecular formula is C21H25N3O2. The van der Waals surface area contributed by atoms with Gasteiger partial charge in [-0.25, -0.2) is 4.98 Å². The third-order valence-electron chi connectivity index (χ3n) is 4.86. The smallest absolute Gasteiger partial charge is 0.121 e. The summed E-state index contributed by atoms with van der Waals surface area (Å²) in [5, 5.41) is 0. The molecule has 0 spiro atoms. The number of benzene rings is 2. The van der Waals surface area contributed by atoms with Crippen LogP contribution in [0.1, 0.15) is 24.2 Å². The van der Waals surface area contributed by atoms with E-state index in [1.807, 2.05) is 30.3 Å². The Hall–Kier alpha value is -2.37. The van der Waals surface area contributed by atoms with E-state index in [0.29, 0.717) is 6.10 Å². The second kappa shape index (κ2) is 7.89. The molecule has 0 unspecified atom stereocenters. The third-order valence-corrected chi connectivity index (χ3v) is 4.86. The first-order chi connectivity index (χ1) is 12.8. The number of hydrogen-bond acceptors (Lipinski definition) is 4. The molecule has 3 aromatic rings. The number of rotatable bonds is 7. The number of ether oxygens (including phenoxy) is 2. The van der Waals surface area contributed by atoms with E-state index in [1.165, 1.54) is 5.56 Å². The Labute approximate surface area is 153 Å². The Morgan fingerprint density at radius 2 is 2.00 bits per heavy atom. The van der Waals surface area contributed by atoms with Crippen LogP contribution in [0.4, 0.5) is 0 Å². The summed E-state index contributed by atoms with van der Waals surface area (Å²) in [5.41, 5.74) is 3.37. The highest BCUT2D eigenvalue weighted by Gasteiger charge is 2.20. The molecule has 0 bridgehead atoms. The molecule has 4 rings (SSSR count). The first kappa shape index (κ1) is 17.1.